The molecule has 7 nitrogen and oxygen atoms in total. The number of halogens is 1. The number of morpholine rings is 1. The van der Waals surface area contributed by atoms with E-state index in [0.717, 1.165) is 18.4 Å². The maximum absolute atomic E-state index is 12.3. The molecular weight excluding hydrogens is 358 g/mol. The zero-order chi connectivity index (χ0) is 17.6. The molecule has 3 N–H and O–H groups in total. The smallest absolute Gasteiger partial charge is 0.253 e. The molecule has 2 saturated heterocycles. The fourth-order valence-corrected chi connectivity index (χ4v) is 3.09. The lowest BCUT2D eigenvalue weighted by molar-refractivity contribution is -0.129. The van der Waals surface area contributed by atoms with E-state index in [2.05, 4.69) is 16.0 Å². The van der Waals surface area contributed by atoms with Gasteiger partial charge in [-0.3, -0.25) is 9.59 Å². The second-order valence-electron chi connectivity index (χ2n) is 6.42. The van der Waals surface area contributed by atoms with Crippen molar-refractivity contribution in [2.75, 3.05) is 25.1 Å². The van der Waals surface area contributed by atoms with Crippen LogP contribution in [0.25, 0.3) is 0 Å². The van der Waals surface area contributed by atoms with Gasteiger partial charge >= 0.3 is 0 Å². The molecule has 1 aromatic carbocycles. The van der Waals surface area contributed by atoms with Gasteiger partial charge in [0.2, 0.25) is 5.91 Å². The Balaban J connectivity index is 0.00000243. The van der Waals surface area contributed by atoms with Crippen LogP contribution >= 0.6 is 12.4 Å². The first-order valence-electron chi connectivity index (χ1n) is 8.77. The summed E-state index contributed by atoms with van der Waals surface area (Å²) in [6.45, 7) is 4.22. The molecule has 2 aliphatic rings. The number of anilines is 1. The van der Waals surface area contributed by atoms with Gasteiger partial charge in [0.05, 0.1) is 12.7 Å². The highest BCUT2D eigenvalue weighted by molar-refractivity contribution is 5.94. The van der Waals surface area contributed by atoms with Gasteiger partial charge in [-0.15, -0.1) is 12.4 Å². The Morgan fingerprint density at radius 1 is 1.23 bits per heavy atom. The predicted octanol–water partition coefficient (Wildman–Crippen LogP) is 1.22. The van der Waals surface area contributed by atoms with Crippen molar-refractivity contribution in [2.45, 2.75) is 44.6 Å². The molecule has 0 aromatic heterocycles. The van der Waals surface area contributed by atoms with E-state index in [4.69, 9.17) is 9.47 Å². The van der Waals surface area contributed by atoms with Crippen LogP contribution in [0.15, 0.2) is 24.3 Å². The number of carbonyl (C=O) groups is 2. The molecule has 144 valence electrons. The topological polar surface area (TPSA) is 88.7 Å². The van der Waals surface area contributed by atoms with Gasteiger partial charge in [-0.2, -0.15) is 0 Å². The largest absolute Gasteiger partial charge is 0.375 e. The zero-order valence-electron chi connectivity index (χ0n) is 14.8. The molecule has 0 spiro atoms. The molecule has 26 heavy (non-hydrogen) atoms. The van der Waals surface area contributed by atoms with Crippen LogP contribution in [0.5, 0.6) is 0 Å². The summed E-state index contributed by atoms with van der Waals surface area (Å²) in [5, 5.41) is 8.95. The highest BCUT2D eigenvalue weighted by Gasteiger charge is 2.28. The lowest BCUT2D eigenvalue weighted by atomic mass is 10.1. The van der Waals surface area contributed by atoms with E-state index in [9.17, 15) is 9.59 Å². The molecule has 2 heterocycles. The molecule has 0 aliphatic carbocycles. The number of hydrogen-bond donors (Lipinski definition) is 3. The van der Waals surface area contributed by atoms with Gasteiger partial charge in [0.15, 0.2) is 0 Å². The normalized spacial score (nSPS) is 25.2. The second-order valence-corrected chi connectivity index (χ2v) is 6.42. The SMILES string of the molecule is C[C@H]1OCCN[C@@H]1C(=O)NCc1cccc(NC(=O)C2CCCO2)c1.Cl. The molecule has 8 heteroatoms. The fraction of sp³-hybridized carbons (Fsp3) is 0.556. The van der Waals surface area contributed by atoms with Crippen LogP contribution in [0.3, 0.4) is 0 Å². The number of carbonyl (C=O) groups excluding carboxylic acids is 2. The summed E-state index contributed by atoms with van der Waals surface area (Å²) in [6, 6.07) is 7.13. The minimum Gasteiger partial charge on any atom is -0.375 e. The number of amides is 2. The molecule has 2 fully saturated rings. The van der Waals surface area contributed by atoms with Crippen molar-refractivity contribution < 1.29 is 19.1 Å². The molecule has 0 bridgehead atoms. The molecule has 0 saturated carbocycles. The van der Waals surface area contributed by atoms with Crippen molar-refractivity contribution in [3.63, 3.8) is 0 Å². The van der Waals surface area contributed by atoms with Crippen molar-refractivity contribution in [3.8, 4) is 0 Å². The number of hydrogen-bond acceptors (Lipinski definition) is 5. The zero-order valence-corrected chi connectivity index (χ0v) is 15.6. The van der Waals surface area contributed by atoms with E-state index in [1.807, 2.05) is 31.2 Å². The lowest BCUT2D eigenvalue weighted by Gasteiger charge is -2.29. The van der Waals surface area contributed by atoms with E-state index in [1.165, 1.54) is 0 Å². The summed E-state index contributed by atoms with van der Waals surface area (Å²) in [5.41, 5.74) is 1.63. The van der Waals surface area contributed by atoms with Gasteiger partial charge in [0.25, 0.3) is 5.91 Å². The fourth-order valence-electron chi connectivity index (χ4n) is 3.09. The van der Waals surface area contributed by atoms with Crippen LogP contribution in [0.2, 0.25) is 0 Å². The van der Waals surface area contributed by atoms with Gasteiger partial charge in [-0.25, -0.2) is 0 Å². The number of benzene rings is 1. The van der Waals surface area contributed by atoms with E-state index in [-0.39, 0.29) is 42.5 Å². The van der Waals surface area contributed by atoms with E-state index >= 15 is 0 Å². The minimum atomic E-state index is -0.359. The third-order valence-corrected chi connectivity index (χ3v) is 4.48. The summed E-state index contributed by atoms with van der Waals surface area (Å²) in [5.74, 6) is -0.197. The van der Waals surface area contributed by atoms with Crippen molar-refractivity contribution in [1.29, 1.82) is 0 Å². The quantitative estimate of drug-likeness (QED) is 0.711. The monoisotopic (exact) mass is 383 g/mol. The standard InChI is InChI=1S/C18H25N3O4.ClH/c1-12-16(19-7-9-24-12)18(23)20-11-13-4-2-5-14(10-13)21-17(22)15-6-3-8-25-15;/h2,4-5,10,12,15-16,19H,3,6-9,11H2,1H3,(H,20,23)(H,21,22);1H/t12-,15?,16+;/m1./s1. The Bertz CT molecular complexity index is 622. The van der Waals surface area contributed by atoms with Crippen LogP contribution in [0, 0.1) is 0 Å². The molecule has 2 amide bonds. The number of ether oxygens (including phenoxy) is 2. The first-order chi connectivity index (χ1) is 12.1. The average molecular weight is 384 g/mol. The minimum absolute atomic E-state index is 0. The highest BCUT2D eigenvalue weighted by atomic mass is 35.5. The maximum Gasteiger partial charge on any atom is 0.253 e. The molecule has 1 unspecified atom stereocenters. The lowest BCUT2D eigenvalue weighted by Crippen LogP contribution is -2.55. The number of nitrogens with one attached hydrogen (secondary N) is 3. The van der Waals surface area contributed by atoms with E-state index in [1.54, 1.807) is 0 Å². The Kier molecular flexibility index (Phi) is 7.84. The summed E-state index contributed by atoms with van der Waals surface area (Å²) < 4.78 is 10.9. The Morgan fingerprint density at radius 2 is 2.08 bits per heavy atom. The van der Waals surface area contributed by atoms with Crippen molar-refractivity contribution >= 4 is 29.9 Å². The maximum atomic E-state index is 12.3. The third kappa shape index (κ3) is 5.41. The Morgan fingerprint density at radius 3 is 2.81 bits per heavy atom. The second kappa shape index (κ2) is 9.87. The molecule has 0 radical (unpaired) electrons. The Hall–Kier alpha value is -1.67. The van der Waals surface area contributed by atoms with E-state index < -0.39 is 0 Å². The first kappa shape index (κ1) is 20.6. The molecule has 1 aromatic rings. The van der Waals surface area contributed by atoms with Crippen LogP contribution in [0.1, 0.15) is 25.3 Å². The summed E-state index contributed by atoms with van der Waals surface area (Å²) in [4.78, 5) is 24.4. The van der Waals surface area contributed by atoms with Crippen LogP contribution in [-0.2, 0) is 25.6 Å². The number of rotatable bonds is 5. The van der Waals surface area contributed by atoms with Gasteiger partial charge < -0.3 is 25.4 Å². The van der Waals surface area contributed by atoms with Gasteiger partial charge in [-0.1, -0.05) is 12.1 Å². The predicted molar refractivity (Wildman–Crippen MR) is 100 cm³/mol. The van der Waals surface area contributed by atoms with Gasteiger partial charge in [0, 0.05) is 25.4 Å². The van der Waals surface area contributed by atoms with Gasteiger partial charge in [-0.05, 0) is 37.5 Å². The summed E-state index contributed by atoms with van der Waals surface area (Å²) in [6.07, 6.45) is 1.17. The molecule has 3 rings (SSSR count). The van der Waals surface area contributed by atoms with Crippen LogP contribution in [0.4, 0.5) is 5.69 Å². The van der Waals surface area contributed by atoms with E-state index in [0.29, 0.717) is 32.0 Å². The first-order valence-corrected chi connectivity index (χ1v) is 8.77. The van der Waals surface area contributed by atoms with Crippen LogP contribution in [-0.4, -0.2) is 49.8 Å². The average Bonchev–Trinajstić information content (AvgIpc) is 3.15. The highest BCUT2D eigenvalue weighted by Crippen LogP contribution is 2.16. The summed E-state index contributed by atoms with van der Waals surface area (Å²) in [7, 11) is 0. The third-order valence-electron chi connectivity index (χ3n) is 4.48. The van der Waals surface area contributed by atoms with Crippen molar-refractivity contribution in [2.24, 2.45) is 0 Å². The molecule has 2 aliphatic heterocycles. The van der Waals surface area contributed by atoms with Crippen molar-refractivity contribution in [3.05, 3.63) is 29.8 Å². The molecule has 3 atom stereocenters. The molecular formula is C18H26ClN3O4. The summed E-state index contributed by atoms with van der Waals surface area (Å²) >= 11 is 0. The Labute approximate surface area is 159 Å². The van der Waals surface area contributed by atoms with Crippen LogP contribution < -0.4 is 16.0 Å². The van der Waals surface area contributed by atoms with Gasteiger partial charge in [0.1, 0.15) is 12.1 Å². The van der Waals surface area contributed by atoms with Crippen molar-refractivity contribution in [1.82, 2.24) is 10.6 Å².